The Hall–Kier alpha value is -3.35. The predicted molar refractivity (Wildman–Crippen MR) is 108 cm³/mol. The number of nitrogens with one attached hydrogen (secondary N) is 1. The van der Waals surface area contributed by atoms with Crippen molar-refractivity contribution in [3.8, 4) is 5.69 Å². The molecule has 1 aliphatic heterocycles. The predicted octanol–water partition coefficient (Wildman–Crippen LogP) is 2.74. The average molecular weight is 392 g/mol. The summed E-state index contributed by atoms with van der Waals surface area (Å²) in [5.74, 6) is 0.258. The maximum absolute atomic E-state index is 12.7. The molecule has 2 amide bonds. The summed E-state index contributed by atoms with van der Waals surface area (Å²) in [5, 5.41) is 7.36. The Kier molecular flexibility index (Phi) is 5.46. The Morgan fingerprint density at radius 3 is 2.62 bits per heavy atom. The van der Waals surface area contributed by atoms with Gasteiger partial charge < -0.3 is 14.6 Å². The number of hydrogen-bond acceptors (Lipinski definition) is 4. The highest BCUT2D eigenvalue weighted by molar-refractivity contribution is 5.93. The van der Waals surface area contributed by atoms with Crippen LogP contribution in [-0.4, -0.2) is 45.6 Å². The van der Waals surface area contributed by atoms with Gasteiger partial charge in [0.25, 0.3) is 5.91 Å². The molecule has 0 atom stereocenters. The number of aryl methyl sites for hydroxylation is 1. The number of benzene rings is 1. The van der Waals surface area contributed by atoms with E-state index in [1.807, 2.05) is 48.4 Å². The fraction of sp³-hybridized carbons (Fsp3) is 0.318. The highest BCUT2D eigenvalue weighted by Gasteiger charge is 2.25. The van der Waals surface area contributed by atoms with E-state index in [0.29, 0.717) is 25.3 Å². The summed E-state index contributed by atoms with van der Waals surface area (Å²) in [6, 6.07) is 11.6. The Bertz CT molecular complexity index is 984. The lowest BCUT2D eigenvalue weighted by atomic mass is 10.0. The van der Waals surface area contributed by atoms with Crippen LogP contribution in [0, 0.1) is 6.92 Å². The van der Waals surface area contributed by atoms with Crippen LogP contribution < -0.4 is 5.32 Å². The fourth-order valence-corrected chi connectivity index (χ4v) is 3.59. The zero-order chi connectivity index (χ0) is 20.2. The minimum absolute atomic E-state index is 0.0527. The standard InChI is InChI=1S/C22H24N4O3/c1-16-9-12-29-21(16)22(28)24-18-7-10-25(11-8-18)20(27)13-17-14-23-26(15-17)19-5-3-2-4-6-19/h2-6,9,12,14-15,18H,7-8,10-11,13H2,1H3,(H,24,28). The molecule has 4 rings (SSSR count). The summed E-state index contributed by atoms with van der Waals surface area (Å²) in [6.07, 6.45) is 6.96. The molecule has 1 aliphatic rings. The van der Waals surface area contributed by atoms with Gasteiger partial charge in [0.1, 0.15) is 0 Å². The van der Waals surface area contributed by atoms with Crippen LogP contribution >= 0.6 is 0 Å². The van der Waals surface area contributed by atoms with Gasteiger partial charge in [-0.15, -0.1) is 0 Å². The second-order valence-electron chi connectivity index (χ2n) is 7.37. The Balaban J connectivity index is 1.28. The maximum atomic E-state index is 12.7. The Morgan fingerprint density at radius 2 is 1.93 bits per heavy atom. The zero-order valence-electron chi connectivity index (χ0n) is 16.4. The van der Waals surface area contributed by atoms with Gasteiger partial charge in [0.2, 0.25) is 5.91 Å². The van der Waals surface area contributed by atoms with E-state index < -0.39 is 0 Å². The lowest BCUT2D eigenvalue weighted by molar-refractivity contribution is -0.131. The van der Waals surface area contributed by atoms with Gasteiger partial charge in [-0.25, -0.2) is 4.68 Å². The van der Waals surface area contributed by atoms with Crippen molar-refractivity contribution >= 4 is 11.8 Å². The van der Waals surface area contributed by atoms with Crippen molar-refractivity contribution in [1.29, 1.82) is 0 Å². The van der Waals surface area contributed by atoms with Crippen molar-refractivity contribution in [2.45, 2.75) is 32.2 Å². The van der Waals surface area contributed by atoms with E-state index in [1.54, 1.807) is 16.9 Å². The van der Waals surface area contributed by atoms with Gasteiger partial charge in [0.05, 0.1) is 24.6 Å². The van der Waals surface area contributed by atoms with Crippen LogP contribution in [0.25, 0.3) is 5.69 Å². The molecule has 1 aromatic carbocycles. The SMILES string of the molecule is Cc1ccoc1C(=O)NC1CCN(C(=O)Cc2cnn(-c3ccccc3)c2)CC1. The molecule has 0 aliphatic carbocycles. The van der Waals surface area contributed by atoms with Crippen LogP contribution in [-0.2, 0) is 11.2 Å². The normalized spacial score (nSPS) is 14.7. The molecule has 7 nitrogen and oxygen atoms in total. The first-order valence-corrected chi connectivity index (χ1v) is 9.82. The first kappa shape index (κ1) is 19.0. The third-order valence-corrected chi connectivity index (χ3v) is 5.26. The molecule has 1 N–H and O–H groups in total. The first-order valence-electron chi connectivity index (χ1n) is 9.82. The zero-order valence-corrected chi connectivity index (χ0v) is 16.4. The number of para-hydroxylation sites is 1. The minimum atomic E-state index is -0.189. The summed E-state index contributed by atoms with van der Waals surface area (Å²) in [6.45, 7) is 3.11. The first-order chi connectivity index (χ1) is 14.1. The fourth-order valence-electron chi connectivity index (χ4n) is 3.59. The van der Waals surface area contributed by atoms with Crippen LogP contribution in [0.4, 0.5) is 0 Å². The average Bonchev–Trinajstić information content (AvgIpc) is 3.38. The van der Waals surface area contributed by atoms with Crippen LogP contribution in [0.15, 0.2) is 59.5 Å². The van der Waals surface area contributed by atoms with Crippen molar-refractivity contribution in [3.05, 3.63) is 71.9 Å². The second-order valence-corrected chi connectivity index (χ2v) is 7.37. The number of aromatic nitrogens is 2. The Labute approximate surface area is 169 Å². The number of nitrogens with zero attached hydrogens (tertiary/aromatic N) is 3. The molecule has 0 saturated carbocycles. The van der Waals surface area contributed by atoms with Crippen molar-refractivity contribution < 1.29 is 14.0 Å². The molecule has 0 radical (unpaired) electrons. The van der Waals surface area contributed by atoms with Gasteiger partial charge in [-0.05, 0) is 43.5 Å². The van der Waals surface area contributed by atoms with E-state index >= 15 is 0 Å². The molecule has 3 aromatic rings. The molecule has 1 fully saturated rings. The Morgan fingerprint density at radius 1 is 1.17 bits per heavy atom. The number of hydrogen-bond donors (Lipinski definition) is 1. The highest BCUT2D eigenvalue weighted by Crippen LogP contribution is 2.15. The van der Waals surface area contributed by atoms with Gasteiger partial charge >= 0.3 is 0 Å². The second kappa shape index (κ2) is 8.34. The van der Waals surface area contributed by atoms with Crippen LogP contribution in [0.3, 0.4) is 0 Å². The number of rotatable bonds is 5. The third kappa shape index (κ3) is 4.39. The number of carbonyl (C=O) groups is 2. The summed E-state index contributed by atoms with van der Waals surface area (Å²) in [4.78, 5) is 26.8. The molecule has 3 heterocycles. The molecular weight excluding hydrogens is 368 g/mol. The van der Waals surface area contributed by atoms with Crippen molar-refractivity contribution in [3.63, 3.8) is 0 Å². The molecule has 7 heteroatoms. The van der Waals surface area contributed by atoms with Gasteiger partial charge in [-0.3, -0.25) is 9.59 Å². The van der Waals surface area contributed by atoms with E-state index in [4.69, 9.17) is 4.42 Å². The van der Waals surface area contributed by atoms with E-state index in [9.17, 15) is 9.59 Å². The smallest absolute Gasteiger partial charge is 0.287 e. The monoisotopic (exact) mass is 392 g/mol. The van der Waals surface area contributed by atoms with Crippen LogP contribution in [0.1, 0.15) is 34.5 Å². The van der Waals surface area contributed by atoms with Crippen molar-refractivity contribution in [2.75, 3.05) is 13.1 Å². The quantitative estimate of drug-likeness (QED) is 0.724. The van der Waals surface area contributed by atoms with E-state index in [1.165, 1.54) is 6.26 Å². The van der Waals surface area contributed by atoms with E-state index in [-0.39, 0.29) is 17.9 Å². The summed E-state index contributed by atoms with van der Waals surface area (Å²) < 4.78 is 7.02. The lowest BCUT2D eigenvalue weighted by Crippen LogP contribution is -2.47. The highest BCUT2D eigenvalue weighted by atomic mass is 16.3. The van der Waals surface area contributed by atoms with Gasteiger partial charge in [0.15, 0.2) is 5.76 Å². The number of furan rings is 1. The van der Waals surface area contributed by atoms with Gasteiger partial charge in [-0.2, -0.15) is 5.10 Å². The van der Waals surface area contributed by atoms with Crippen molar-refractivity contribution in [2.24, 2.45) is 0 Å². The van der Waals surface area contributed by atoms with Crippen molar-refractivity contribution in [1.82, 2.24) is 20.0 Å². The van der Waals surface area contributed by atoms with E-state index in [0.717, 1.165) is 29.7 Å². The number of carbonyl (C=O) groups excluding carboxylic acids is 2. The number of amides is 2. The van der Waals surface area contributed by atoms with Crippen LogP contribution in [0.5, 0.6) is 0 Å². The number of piperidine rings is 1. The lowest BCUT2D eigenvalue weighted by Gasteiger charge is -2.32. The molecular formula is C22H24N4O3. The minimum Gasteiger partial charge on any atom is -0.459 e. The van der Waals surface area contributed by atoms with Gasteiger partial charge in [0, 0.05) is 30.9 Å². The molecule has 150 valence electrons. The summed E-state index contributed by atoms with van der Waals surface area (Å²) >= 11 is 0. The van der Waals surface area contributed by atoms with Gasteiger partial charge in [-0.1, -0.05) is 18.2 Å². The molecule has 0 unspecified atom stereocenters. The molecule has 2 aromatic heterocycles. The topological polar surface area (TPSA) is 80.4 Å². The number of likely N-dealkylation sites (tertiary alicyclic amines) is 1. The summed E-state index contributed by atoms with van der Waals surface area (Å²) in [7, 11) is 0. The molecule has 0 bridgehead atoms. The maximum Gasteiger partial charge on any atom is 0.287 e. The third-order valence-electron chi connectivity index (χ3n) is 5.26. The largest absolute Gasteiger partial charge is 0.459 e. The summed E-state index contributed by atoms with van der Waals surface area (Å²) in [5.41, 5.74) is 2.68. The molecule has 1 saturated heterocycles. The van der Waals surface area contributed by atoms with Crippen LogP contribution in [0.2, 0.25) is 0 Å². The molecule has 29 heavy (non-hydrogen) atoms. The molecule has 0 spiro atoms. The van der Waals surface area contributed by atoms with E-state index in [2.05, 4.69) is 10.4 Å².